The smallest absolute Gasteiger partial charge is 0.0244 e. The summed E-state index contributed by atoms with van der Waals surface area (Å²) >= 11 is 0. The molecule has 0 heterocycles. The lowest BCUT2D eigenvalue weighted by Crippen LogP contribution is -1.98. The average Bonchev–Trinajstić information content (AvgIpc) is 2.67. The molecule has 1 aromatic rings. The third-order valence-electron chi connectivity index (χ3n) is 3.60. The van der Waals surface area contributed by atoms with Gasteiger partial charge in [-0.1, -0.05) is 56.9 Å². The van der Waals surface area contributed by atoms with E-state index in [0.717, 1.165) is 5.92 Å². The molecule has 82 valence electrons. The van der Waals surface area contributed by atoms with E-state index in [1.54, 1.807) is 11.1 Å². The summed E-state index contributed by atoms with van der Waals surface area (Å²) in [4.78, 5) is 0. The first-order valence-electron chi connectivity index (χ1n) is 6.47. The van der Waals surface area contributed by atoms with Crippen molar-refractivity contribution in [2.75, 3.05) is 0 Å². The van der Waals surface area contributed by atoms with Crippen LogP contribution in [0.5, 0.6) is 0 Å². The first-order chi connectivity index (χ1) is 7.40. The van der Waals surface area contributed by atoms with E-state index < -0.39 is 0 Å². The van der Waals surface area contributed by atoms with Gasteiger partial charge in [0.25, 0.3) is 0 Å². The van der Waals surface area contributed by atoms with Crippen LogP contribution in [-0.2, 0) is 12.8 Å². The number of unbranched alkanes of at least 4 members (excludes halogenated alkanes) is 3. The molecular weight excluding hydrogens is 180 g/mol. The second kappa shape index (κ2) is 5.34. The van der Waals surface area contributed by atoms with E-state index >= 15 is 0 Å². The van der Waals surface area contributed by atoms with Crippen LogP contribution in [0.4, 0.5) is 0 Å². The van der Waals surface area contributed by atoms with Gasteiger partial charge < -0.3 is 0 Å². The molecule has 0 aromatic heterocycles. The molecule has 15 heavy (non-hydrogen) atoms. The van der Waals surface area contributed by atoms with Crippen LogP contribution in [0, 0.1) is 5.92 Å². The lowest BCUT2D eigenvalue weighted by Gasteiger charge is -2.07. The lowest BCUT2D eigenvalue weighted by atomic mass is 9.98. The molecule has 0 aliphatic heterocycles. The Hall–Kier alpha value is -0.780. The number of fused-ring (bicyclic) bond motifs is 1. The highest BCUT2D eigenvalue weighted by molar-refractivity contribution is 5.31. The highest BCUT2D eigenvalue weighted by Crippen LogP contribution is 2.29. The van der Waals surface area contributed by atoms with Gasteiger partial charge in [-0.3, -0.25) is 0 Å². The second-order valence-corrected chi connectivity index (χ2v) is 4.89. The van der Waals surface area contributed by atoms with E-state index in [1.807, 2.05) is 0 Å². The molecule has 1 aliphatic rings. The molecule has 0 N–H and O–H groups in total. The summed E-state index contributed by atoms with van der Waals surface area (Å²) in [6.07, 6.45) is 9.75. The number of hydrogen-bond acceptors (Lipinski definition) is 0. The molecule has 0 spiro atoms. The van der Waals surface area contributed by atoms with Gasteiger partial charge in [-0.2, -0.15) is 0 Å². The van der Waals surface area contributed by atoms with Crippen LogP contribution in [0.2, 0.25) is 0 Å². The van der Waals surface area contributed by atoms with Gasteiger partial charge in [0.1, 0.15) is 0 Å². The third kappa shape index (κ3) is 2.84. The minimum absolute atomic E-state index is 0.944. The van der Waals surface area contributed by atoms with Crippen molar-refractivity contribution < 1.29 is 0 Å². The molecule has 0 unspecified atom stereocenters. The van der Waals surface area contributed by atoms with E-state index in [-0.39, 0.29) is 0 Å². The standard InChI is InChI=1S/C15H22/c1-2-3-4-5-8-13-11-14-9-6-7-10-15(14)12-13/h6-7,9-10,13H,2-5,8,11-12H2,1H3. The Balaban J connectivity index is 1.76. The predicted molar refractivity (Wildman–Crippen MR) is 66.1 cm³/mol. The van der Waals surface area contributed by atoms with Crippen molar-refractivity contribution in [2.45, 2.75) is 51.9 Å². The summed E-state index contributed by atoms with van der Waals surface area (Å²) in [7, 11) is 0. The quantitative estimate of drug-likeness (QED) is 0.622. The maximum atomic E-state index is 2.31. The Labute approximate surface area is 93.7 Å². The van der Waals surface area contributed by atoms with Crippen molar-refractivity contribution in [1.82, 2.24) is 0 Å². The van der Waals surface area contributed by atoms with Gasteiger partial charge in [-0.25, -0.2) is 0 Å². The molecular formula is C15H22. The fourth-order valence-corrected chi connectivity index (χ4v) is 2.71. The molecule has 0 bridgehead atoms. The normalized spacial score (nSPS) is 15.5. The molecule has 0 atom stereocenters. The number of benzene rings is 1. The van der Waals surface area contributed by atoms with E-state index in [1.165, 1.54) is 44.9 Å². The zero-order chi connectivity index (χ0) is 10.5. The summed E-state index contributed by atoms with van der Waals surface area (Å²) < 4.78 is 0. The molecule has 0 radical (unpaired) electrons. The Bertz CT molecular complexity index is 276. The largest absolute Gasteiger partial charge is 0.0654 e. The van der Waals surface area contributed by atoms with Crippen molar-refractivity contribution in [3.8, 4) is 0 Å². The summed E-state index contributed by atoms with van der Waals surface area (Å²) in [6.45, 7) is 2.28. The van der Waals surface area contributed by atoms with E-state index in [4.69, 9.17) is 0 Å². The van der Waals surface area contributed by atoms with Crippen molar-refractivity contribution >= 4 is 0 Å². The zero-order valence-corrected chi connectivity index (χ0v) is 9.84. The summed E-state index contributed by atoms with van der Waals surface area (Å²) in [5.41, 5.74) is 3.22. The molecule has 0 saturated carbocycles. The van der Waals surface area contributed by atoms with Crippen molar-refractivity contribution in [2.24, 2.45) is 5.92 Å². The van der Waals surface area contributed by atoms with Crippen LogP contribution in [0.3, 0.4) is 0 Å². The van der Waals surface area contributed by atoms with E-state index in [2.05, 4.69) is 31.2 Å². The predicted octanol–water partition coefficient (Wildman–Crippen LogP) is 4.37. The fourth-order valence-electron chi connectivity index (χ4n) is 2.71. The SMILES string of the molecule is CCCCCCC1Cc2ccccc2C1. The fraction of sp³-hybridized carbons (Fsp3) is 0.600. The van der Waals surface area contributed by atoms with Crippen molar-refractivity contribution in [3.05, 3.63) is 35.4 Å². The summed E-state index contributed by atoms with van der Waals surface area (Å²) in [5.74, 6) is 0.944. The summed E-state index contributed by atoms with van der Waals surface area (Å²) in [6, 6.07) is 8.97. The van der Waals surface area contributed by atoms with Crippen LogP contribution in [0.1, 0.15) is 50.2 Å². The lowest BCUT2D eigenvalue weighted by molar-refractivity contribution is 0.475. The Morgan fingerprint density at radius 3 is 2.27 bits per heavy atom. The van der Waals surface area contributed by atoms with Gasteiger partial charge in [0.15, 0.2) is 0 Å². The van der Waals surface area contributed by atoms with Crippen LogP contribution >= 0.6 is 0 Å². The van der Waals surface area contributed by atoms with Crippen molar-refractivity contribution in [1.29, 1.82) is 0 Å². The Morgan fingerprint density at radius 2 is 1.67 bits per heavy atom. The van der Waals surface area contributed by atoms with Crippen LogP contribution < -0.4 is 0 Å². The van der Waals surface area contributed by atoms with Gasteiger partial charge in [0.05, 0.1) is 0 Å². The molecule has 1 aliphatic carbocycles. The summed E-state index contributed by atoms with van der Waals surface area (Å²) in [5, 5.41) is 0. The van der Waals surface area contributed by atoms with Crippen LogP contribution in [-0.4, -0.2) is 0 Å². The molecule has 2 rings (SSSR count). The van der Waals surface area contributed by atoms with E-state index in [9.17, 15) is 0 Å². The van der Waals surface area contributed by atoms with Gasteiger partial charge in [0, 0.05) is 0 Å². The van der Waals surface area contributed by atoms with Gasteiger partial charge >= 0.3 is 0 Å². The molecule has 0 heteroatoms. The molecule has 0 saturated heterocycles. The van der Waals surface area contributed by atoms with Gasteiger partial charge in [0.2, 0.25) is 0 Å². The molecule has 1 aromatic carbocycles. The monoisotopic (exact) mass is 202 g/mol. The molecule has 0 fully saturated rings. The third-order valence-corrected chi connectivity index (χ3v) is 3.60. The van der Waals surface area contributed by atoms with E-state index in [0.29, 0.717) is 0 Å². The number of rotatable bonds is 5. The Kier molecular flexibility index (Phi) is 3.82. The van der Waals surface area contributed by atoms with Gasteiger partial charge in [-0.15, -0.1) is 0 Å². The molecule has 0 nitrogen and oxygen atoms in total. The first kappa shape index (κ1) is 10.7. The Morgan fingerprint density at radius 1 is 1.00 bits per heavy atom. The maximum Gasteiger partial charge on any atom is -0.0244 e. The van der Waals surface area contributed by atoms with Crippen LogP contribution in [0.25, 0.3) is 0 Å². The minimum atomic E-state index is 0.944. The highest BCUT2D eigenvalue weighted by Gasteiger charge is 2.19. The van der Waals surface area contributed by atoms with Crippen molar-refractivity contribution in [3.63, 3.8) is 0 Å². The van der Waals surface area contributed by atoms with Gasteiger partial charge in [-0.05, 0) is 36.3 Å². The highest BCUT2D eigenvalue weighted by atomic mass is 14.2. The minimum Gasteiger partial charge on any atom is -0.0654 e. The van der Waals surface area contributed by atoms with Crippen LogP contribution in [0.15, 0.2) is 24.3 Å². The second-order valence-electron chi connectivity index (χ2n) is 4.89. The zero-order valence-electron chi connectivity index (χ0n) is 9.84. The maximum absolute atomic E-state index is 2.31. The first-order valence-corrected chi connectivity index (χ1v) is 6.47. The molecule has 0 amide bonds. The number of hydrogen-bond donors (Lipinski definition) is 0. The average molecular weight is 202 g/mol. The topological polar surface area (TPSA) is 0 Å².